The fourth-order valence-electron chi connectivity index (χ4n) is 2.22. The minimum atomic E-state index is -0.152. The van der Waals surface area contributed by atoms with Crippen molar-refractivity contribution in [1.29, 1.82) is 0 Å². The summed E-state index contributed by atoms with van der Waals surface area (Å²) in [5.74, 6) is 1.76. The van der Waals surface area contributed by atoms with Gasteiger partial charge in [-0.05, 0) is 55.0 Å². The number of carbonyl (C=O) groups is 1. The molecule has 146 valence electrons. The minimum Gasteiger partial charge on any atom is -0.497 e. The van der Waals surface area contributed by atoms with E-state index >= 15 is 0 Å². The van der Waals surface area contributed by atoms with Crippen LogP contribution in [0.1, 0.15) is 11.5 Å². The van der Waals surface area contributed by atoms with Crippen LogP contribution in [0.3, 0.4) is 0 Å². The number of methoxy groups -OCH3 is 1. The van der Waals surface area contributed by atoms with Gasteiger partial charge in [0, 0.05) is 10.2 Å². The standard InChI is InChI=1S/C19H18BrN3O4S/c1-12-9-13(3-8-16(12)20)21-17(24)11-28-19-23-22-18(27-19)10-26-15-6-4-14(25-2)5-7-15/h3-9H,10-11H2,1-2H3,(H,21,24). The Morgan fingerprint density at radius 3 is 2.64 bits per heavy atom. The third-order valence-electron chi connectivity index (χ3n) is 3.64. The smallest absolute Gasteiger partial charge is 0.277 e. The summed E-state index contributed by atoms with van der Waals surface area (Å²) in [4.78, 5) is 12.1. The lowest BCUT2D eigenvalue weighted by Crippen LogP contribution is -2.14. The third kappa shape index (κ3) is 5.74. The Labute approximate surface area is 175 Å². The fraction of sp³-hybridized carbons (Fsp3) is 0.211. The fourth-order valence-corrected chi connectivity index (χ4v) is 3.05. The number of carbonyl (C=O) groups excluding carboxylic acids is 1. The number of anilines is 1. The van der Waals surface area contributed by atoms with Gasteiger partial charge in [-0.1, -0.05) is 27.7 Å². The van der Waals surface area contributed by atoms with E-state index in [9.17, 15) is 4.79 Å². The van der Waals surface area contributed by atoms with Crippen LogP contribution in [0, 0.1) is 6.92 Å². The first-order valence-electron chi connectivity index (χ1n) is 8.31. The van der Waals surface area contributed by atoms with Crippen molar-refractivity contribution in [2.24, 2.45) is 0 Å². The number of ether oxygens (including phenoxy) is 2. The molecule has 0 aliphatic carbocycles. The Balaban J connectivity index is 1.45. The van der Waals surface area contributed by atoms with Gasteiger partial charge in [-0.2, -0.15) is 0 Å². The first-order valence-corrected chi connectivity index (χ1v) is 10.1. The maximum Gasteiger partial charge on any atom is 0.277 e. The van der Waals surface area contributed by atoms with Crippen LogP contribution in [0.2, 0.25) is 0 Å². The van der Waals surface area contributed by atoms with E-state index in [0.717, 1.165) is 21.5 Å². The Hall–Kier alpha value is -2.52. The number of nitrogens with one attached hydrogen (secondary N) is 1. The van der Waals surface area contributed by atoms with Crippen molar-refractivity contribution in [3.63, 3.8) is 0 Å². The van der Waals surface area contributed by atoms with Gasteiger partial charge in [0.1, 0.15) is 11.5 Å². The minimum absolute atomic E-state index is 0.143. The normalized spacial score (nSPS) is 10.5. The van der Waals surface area contributed by atoms with E-state index in [4.69, 9.17) is 13.9 Å². The first-order chi connectivity index (χ1) is 13.5. The van der Waals surface area contributed by atoms with Gasteiger partial charge < -0.3 is 19.2 Å². The van der Waals surface area contributed by atoms with E-state index in [2.05, 4.69) is 31.4 Å². The molecule has 9 heteroatoms. The topological polar surface area (TPSA) is 86.5 Å². The number of halogens is 1. The molecule has 0 saturated heterocycles. The van der Waals surface area contributed by atoms with Gasteiger partial charge in [0.15, 0.2) is 6.61 Å². The molecule has 0 fully saturated rings. The predicted octanol–water partition coefficient (Wildman–Crippen LogP) is 4.46. The molecule has 0 atom stereocenters. The molecule has 0 aliphatic rings. The van der Waals surface area contributed by atoms with E-state index in [1.807, 2.05) is 25.1 Å². The molecule has 3 rings (SSSR count). The number of hydrogen-bond acceptors (Lipinski definition) is 7. The Morgan fingerprint density at radius 2 is 1.93 bits per heavy atom. The maximum absolute atomic E-state index is 12.1. The lowest BCUT2D eigenvalue weighted by atomic mass is 10.2. The van der Waals surface area contributed by atoms with Crippen molar-refractivity contribution in [2.45, 2.75) is 18.8 Å². The number of amides is 1. The molecule has 0 spiro atoms. The van der Waals surface area contributed by atoms with Gasteiger partial charge in [0.2, 0.25) is 5.91 Å². The lowest BCUT2D eigenvalue weighted by molar-refractivity contribution is -0.113. The Morgan fingerprint density at radius 1 is 1.18 bits per heavy atom. The predicted molar refractivity (Wildman–Crippen MR) is 110 cm³/mol. The van der Waals surface area contributed by atoms with Crippen molar-refractivity contribution < 1.29 is 18.7 Å². The SMILES string of the molecule is COc1ccc(OCc2nnc(SCC(=O)Nc3ccc(Br)c(C)c3)o2)cc1. The summed E-state index contributed by atoms with van der Waals surface area (Å²) >= 11 is 4.60. The molecule has 0 aliphatic heterocycles. The summed E-state index contributed by atoms with van der Waals surface area (Å²) in [6.07, 6.45) is 0. The van der Waals surface area contributed by atoms with E-state index in [-0.39, 0.29) is 18.3 Å². The van der Waals surface area contributed by atoms with Crippen molar-refractivity contribution in [3.8, 4) is 11.5 Å². The molecule has 0 saturated carbocycles. The van der Waals surface area contributed by atoms with E-state index < -0.39 is 0 Å². The van der Waals surface area contributed by atoms with Gasteiger partial charge in [-0.25, -0.2) is 0 Å². The van der Waals surface area contributed by atoms with Gasteiger partial charge in [0.05, 0.1) is 12.9 Å². The molecular formula is C19H18BrN3O4S. The zero-order valence-corrected chi connectivity index (χ0v) is 17.7. The maximum atomic E-state index is 12.1. The van der Waals surface area contributed by atoms with Crippen LogP contribution in [-0.4, -0.2) is 29.0 Å². The molecule has 1 heterocycles. The van der Waals surface area contributed by atoms with Crippen LogP contribution < -0.4 is 14.8 Å². The van der Waals surface area contributed by atoms with Crippen LogP contribution in [0.5, 0.6) is 11.5 Å². The Bertz CT molecular complexity index is 947. The zero-order chi connectivity index (χ0) is 19.9. The van der Waals surface area contributed by atoms with Gasteiger partial charge in [0.25, 0.3) is 11.1 Å². The molecule has 3 aromatic rings. The number of nitrogens with zero attached hydrogens (tertiary/aromatic N) is 2. The number of thioether (sulfide) groups is 1. The molecule has 1 N–H and O–H groups in total. The Kier molecular flexibility index (Phi) is 6.94. The quantitative estimate of drug-likeness (QED) is 0.493. The average Bonchev–Trinajstić information content (AvgIpc) is 3.16. The van der Waals surface area contributed by atoms with Crippen LogP contribution in [0.4, 0.5) is 5.69 Å². The highest BCUT2D eigenvalue weighted by atomic mass is 79.9. The molecule has 0 unspecified atom stereocenters. The van der Waals surface area contributed by atoms with E-state index in [1.165, 1.54) is 11.8 Å². The van der Waals surface area contributed by atoms with Crippen molar-refractivity contribution in [2.75, 3.05) is 18.2 Å². The van der Waals surface area contributed by atoms with Crippen LogP contribution in [-0.2, 0) is 11.4 Å². The summed E-state index contributed by atoms with van der Waals surface area (Å²) in [6.45, 7) is 2.10. The van der Waals surface area contributed by atoms with Crippen molar-refractivity contribution >= 4 is 39.3 Å². The molecular weight excluding hydrogens is 446 g/mol. The number of aromatic nitrogens is 2. The highest BCUT2D eigenvalue weighted by Gasteiger charge is 2.11. The number of hydrogen-bond donors (Lipinski definition) is 1. The largest absolute Gasteiger partial charge is 0.497 e. The summed E-state index contributed by atoms with van der Waals surface area (Å²) in [5, 5.41) is 11.0. The third-order valence-corrected chi connectivity index (χ3v) is 5.35. The summed E-state index contributed by atoms with van der Waals surface area (Å²) in [5.41, 5.74) is 1.79. The van der Waals surface area contributed by atoms with Gasteiger partial charge in [-0.15, -0.1) is 10.2 Å². The number of benzene rings is 2. The number of aryl methyl sites for hydroxylation is 1. The van der Waals surface area contributed by atoms with Crippen molar-refractivity contribution in [3.05, 3.63) is 58.4 Å². The second-order valence-electron chi connectivity index (χ2n) is 5.73. The van der Waals surface area contributed by atoms with Crippen LogP contribution in [0.25, 0.3) is 0 Å². The van der Waals surface area contributed by atoms with Gasteiger partial charge in [-0.3, -0.25) is 4.79 Å². The molecule has 2 aromatic carbocycles. The first kappa shape index (κ1) is 20.2. The summed E-state index contributed by atoms with van der Waals surface area (Å²) in [7, 11) is 1.60. The van der Waals surface area contributed by atoms with Crippen LogP contribution >= 0.6 is 27.7 Å². The zero-order valence-electron chi connectivity index (χ0n) is 15.3. The highest BCUT2D eigenvalue weighted by Crippen LogP contribution is 2.22. The molecule has 0 radical (unpaired) electrons. The second-order valence-corrected chi connectivity index (χ2v) is 7.51. The number of rotatable bonds is 8. The van der Waals surface area contributed by atoms with Crippen molar-refractivity contribution in [1.82, 2.24) is 10.2 Å². The summed E-state index contributed by atoms with van der Waals surface area (Å²) < 4.78 is 17.2. The lowest BCUT2D eigenvalue weighted by Gasteiger charge is -2.06. The molecule has 1 aromatic heterocycles. The molecule has 7 nitrogen and oxygen atoms in total. The highest BCUT2D eigenvalue weighted by molar-refractivity contribution is 9.10. The monoisotopic (exact) mass is 463 g/mol. The molecule has 1 amide bonds. The van der Waals surface area contributed by atoms with Gasteiger partial charge >= 0.3 is 0 Å². The average molecular weight is 464 g/mol. The van der Waals surface area contributed by atoms with E-state index in [0.29, 0.717) is 16.9 Å². The van der Waals surface area contributed by atoms with E-state index in [1.54, 1.807) is 31.4 Å². The second kappa shape index (κ2) is 9.61. The summed E-state index contributed by atoms with van der Waals surface area (Å²) in [6, 6.07) is 12.8. The molecule has 0 bridgehead atoms. The molecule has 28 heavy (non-hydrogen) atoms. The van der Waals surface area contributed by atoms with Crippen LogP contribution in [0.15, 0.2) is 56.6 Å².